The van der Waals surface area contributed by atoms with Crippen molar-refractivity contribution < 1.29 is 0 Å². The third-order valence-corrected chi connectivity index (χ3v) is 2.38. The monoisotopic (exact) mass is 259 g/mol. The van der Waals surface area contributed by atoms with Gasteiger partial charge in [-0.3, -0.25) is 0 Å². The Balaban J connectivity index is 2.08. The first-order valence-corrected chi connectivity index (χ1v) is 6.04. The van der Waals surface area contributed by atoms with Gasteiger partial charge in [-0.05, 0) is 60.5 Å². The van der Waals surface area contributed by atoms with Crippen molar-refractivity contribution in [3.8, 4) is 23.7 Å². The van der Waals surface area contributed by atoms with E-state index in [1.54, 1.807) is 0 Å². The van der Waals surface area contributed by atoms with Crippen molar-refractivity contribution in [2.24, 2.45) is 4.99 Å². The largest absolute Gasteiger partial charge is 0.195 e. The number of hydrogen-bond acceptors (Lipinski definition) is 2. The van der Waals surface area contributed by atoms with Crippen LogP contribution in [0.1, 0.15) is 11.1 Å². The van der Waals surface area contributed by atoms with Gasteiger partial charge in [0.15, 0.2) is 0 Å². The van der Waals surface area contributed by atoms with Crippen molar-refractivity contribution in [3.05, 3.63) is 65.7 Å². The first-order chi connectivity index (χ1) is 9.38. The van der Waals surface area contributed by atoms with Gasteiger partial charge in [0, 0.05) is 11.1 Å². The molecule has 0 aliphatic heterocycles. The number of isothiocyanates is 1. The van der Waals surface area contributed by atoms with Crippen LogP contribution in [0.5, 0.6) is 0 Å². The maximum Gasteiger partial charge on any atom is 0.0740 e. The minimum atomic E-state index is 0.774. The van der Waals surface area contributed by atoms with Gasteiger partial charge >= 0.3 is 0 Å². The van der Waals surface area contributed by atoms with E-state index in [2.05, 4.69) is 46.1 Å². The normalized spacial score (nSPS) is 8.21. The Morgan fingerprint density at radius 1 is 0.737 bits per heavy atom. The van der Waals surface area contributed by atoms with Crippen molar-refractivity contribution in [2.45, 2.75) is 0 Å². The van der Waals surface area contributed by atoms with Gasteiger partial charge in [-0.1, -0.05) is 30.0 Å². The van der Waals surface area contributed by atoms with E-state index in [0.29, 0.717) is 0 Å². The lowest BCUT2D eigenvalue weighted by atomic mass is 10.2. The standard InChI is InChI=1S/C17H9NS/c19-14-18-17-12-10-16(11-13-17)9-5-4-8-15-6-2-1-3-7-15/h1-3,6-7,10-13H. The van der Waals surface area contributed by atoms with Gasteiger partial charge < -0.3 is 0 Å². The molecule has 2 heteroatoms. The Labute approximate surface area is 118 Å². The molecule has 0 bridgehead atoms. The maximum absolute atomic E-state index is 4.54. The van der Waals surface area contributed by atoms with Crippen LogP contribution in [0, 0.1) is 23.7 Å². The summed E-state index contributed by atoms with van der Waals surface area (Å²) < 4.78 is 0. The smallest absolute Gasteiger partial charge is 0.0740 e. The highest BCUT2D eigenvalue weighted by atomic mass is 32.1. The lowest BCUT2D eigenvalue weighted by molar-refractivity contribution is 1.53. The van der Waals surface area contributed by atoms with E-state index < -0.39 is 0 Å². The highest BCUT2D eigenvalue weighted by molar-refractivity contribution is 7.78. The van der Waals surface area contributed by atoms with Crippen molar-refractivity contribution in [3.63, 3.8) is 0 Å². The number of aliphatic imine (C=N–C) groups is 1. The average molecular weight is 259 g/mol. The summed E-state index contributed by atoms with van der Waals surface area (Å²) in [4.78, 5) is 3.87. The highest BCUT2D eigenvalue weighted by Gasteiger charge is 1.88. The van der Waals surface area contributed by atoms with Gasteiger partial charge in [0.1, 0.15) is 0 Å². The van der Waals surface area contributed by atoms with Gasteiger partial charge in [0.2, 0.25) is 0 Å². The molecule has 0 amide bonds. The molecule has 0 unspecified atom stereocenters. The molecule has 0 aliphatic carbocycles. The van der Waals surface area contributed by atoms with Crippen LogP contribution in [0.2, 0.25) is 0 Å². The van der Waals surface area contributed by atoms with Crippen molar-refractivity contribution in [1.82, 2.24) is 0 Å². The lowest BCUT2D eigenvalue weighted by Gasteiger charge is -1.90. The predicted octanol–water partition coefficient (Wildman–Crippen LogP) is 3.82. The summed E-state index contributed by atoms with van der Waals surface area (Å²) in [6.07, 6.45) is 0. The van der Waals surface area contributed by atoms with E-state index >= 15 is 0 Å². The second-order valence-electron chi connectivity index (χ2n) is 3.62. The molecule has 0 fully saturated rings. The first kappa shape index (κ1) is 12.8. The zero-order chi connectivity index (χ0) is 13.3. The molecule has 19 heavy (non-hydrogen) atoms. The zero-order valence-electron chi connectivity index (χ0n) is 10.1. The Morgan fingerprint density at radius 3 is 1.89 bits per heavy atom. The van der Waals surface area contributed by atoms with E-state index in [4.69, 9.17) is 0 Å². The van der Waals surface area contributed by atoms with Crippen LogP contribution in [0.25, 0.3) is 0 Å². The van der Waals surface area contributed by atoms with Gasteiger partial charge in [0.05, 0.1) is 10.8 Å². The number of rotatable bonds is 1. The molecule has 0 atom stereocenters. The van der Waals surface area contributed by atoms with Gasteiger partial charge in [0.25, 0.3) is 0 Å². The third-order valence-electron chi connectivity index (χ3n) is 2.29. The van der Waals surface area contributed by atoms with Crippen LogP contribution in [-0.2, 0) is 0 Å². The van der Waals surface area contributed by atoms with Crippen LogP contribution in [0.4, 0.5) is 5.69 Å². The van der Waals surface area contributed by atoms with Crippen molar-refractivity contribution in [2.75, 3.05) is 0 Å². The molecule has 88 valence electrons. The number of thiocarbonyl (C=S) groups is 1. The fourth-order valence-electron chi connectivity index (χ4n) is 1.40. The Morgan fingerprint density at radius 2 is 1.32 bits per heavy atom. The molecule has 0 aromatic heterocycles. The molecule has 0 N–H and O–H groups in total. The third kappa shape index (κ3) is 4.26. The molecule has 0 heterocycles. The van der Waals surface area contributed by atoms with Crippen molar-refractivity contribution >= 4 is 23.1 Å². The van der Waals surface area contributed by atoms with Gasteiger partial charge in [-0.15, -0.1) is 0 Å². The fraction of sp³-hybridized carbons (Fsp3) is 0. The van der Waals surface area contributed by atoms with Crippen LogP contribution in [-0.4, -0.2) is 5.16 Å². The zero-order valence-corrected chi connectivity index (χ0v) is 10.9. The average Bonchev–Trinajstić information content (AvgIpc) is 2.47. The van der Waals surface area contributed by atoms with Crippen molar-refractivity contribution in [1.29, 1.82) is 0 Å². The van der Waals surface area contributed by atoms with Crippen LogP contribution in [0.3, 0.4) is 0 Å². The summed E-state index contributed by atoms with van der Waals surface area (Å²) in [5.41, 5.74) is 2.63. The topological polar surface area (TPSA) is 12.4 Å². The van der Waals surface area contributed by atoms with E-state index in [-0.39, 0.29) is 0 Å². The molecule has 2 rings (SSSR count). The fourth-order valence-corrected chi connectivity index (χ4v) is 1.51. The molecule has 0 aliphatic rings. The molecular weight excluding hydrogens is 250 g/mol. The molecule has 1 nitrogen and oxygen atoms in total. The molecule has 0 radical (unpaired) electrons. The summed E-state index contributed by atoms with van der Waals surface area (Å²) in [5, 5.41) is 2.32. The molecule has 0 spiro atoms. The summed E-state index contributed by atoms with van der Waals surface area (Å²) in [7, 11) is 0. The van der Waals surface area contributed by atoms with Gasteiger partial charge in [-0.25, -0.2) is 0 Å². The SMILES string of the molecule is S=C=Nc1ccc(C#CC#Cc2ccccc2)cc1. The molecule has 0 saturated heterocycles. The first-order valence-electron chi connectivity index (χ1n) is 5.63. The minimum absolute atomic E-state index is 0.774. The second kappa shape index (κ2) is 6.94. The second-order valence-corrected chi connectivity index (χ2v) is 3.80. The Bertz CT molecular complexity index is 716. The lowest BCUT2D eigenvalue weighted by Crippen LogP contribution is -1.72. The molecule has 2 aromatic rings. The van der Waals surface area contributed by atoms with Crippen LogP contribution >= 0.6 is 12.2 Å². The number of hydrogen-bond donors (Lipinski definition) is 0. The van der Waals surface area contributed by atoms with Crippen LogP contribution < -0.4 is 0 Å². The van der Waals surface area contributed by atoms with Gasteiger partial charge in [-0.2, -0.15) is 4.99 Å². The highest BCUT2D eigenvalue weighted by Crippen LogP contribution is 2.11. The molecule has 2 aromatic carbocycles. The summed E-state index contributed by atoms with van der Waals surface area (Å²) in [6.45, 7) is 0. The van der Waals surface area contributed by atoms with E-state index in [9.17, 15) is 0 Å². The Kier molecular flexibility index (Phi) is 4.68. The van der Waals surface area contributed by atoms with Crippen LogP contribution in [0.15, 0.2) is 59.6 Å². The summed E-state index contributed by atoms with van der Waals surface area (Å²) in [5.74, 6) is 11.6. The van der Waals surface area contributed by atoms with E-state index in [1.807, 2.05) is 54.6 Å². The number of benzene rings is 2. The summed E-state index contributed by atoms with van der Waals surface area (Å²) >= 11 is 4.54. The maximum atomic E-state index is 4.54. The molecule has 0 saturated carbocycles. The predicted molar refractivity (Wildman–Crippen MR) is 81.3 cm³/mol. The quantitative estimate of drug-likeness (QED) is 0.431. The van der Waals surface area contributed by atoms with E-state index in [1.165, 1.54) is 0 Å². The summed E-state index contributed by atoms with van der Waals surface area (Å²) in [6, 6.07) is 17.2. The Hall–Kier alpha value is -2.64. The number of nitrogens with zero attached hydrogens (tertiary/aromatic N) is 1. The minimum Gasteiger partial charge on any atom is -0.195 e. The van der Waals surface area contributed by atoms with E-state index in [0.717, 1.165) is 16.8 Å². The molecular formula is C17H9NS.